The molecule has 2 saturated heterocycles. The molecule has 3 aliphatic rings. The van der Waals surface area contributed by atoms with Gasteiger partial charge in [0.05, 0.1) is 23.9 Å². The zero-order valence-electron chi connectivity index (χ0n) is 19.3. The fourth-order valence-electron chi connectivity index (χ4n) is 5.18. The zero-order valence-corrected chi connectivity index (χ0v) is 19.3. The SMILES string of the molecule is CCN1CCN(CCCOc2cc3cc4c(cc3cc2C)C(=O)N2CCC[C@H]2C=N4)CC1. The molecule has 2 fully saturated rings. The second kappa shape index (κ2) is 9.20. The van der Waals surface area contributed by atoms with Gasteiger partial charge in [0.15, 0.2) is 0 Å². The van der Waals surface area contributed by atoms with Crippen molar-refractivity contribution in [1.29, 1.82) is 0 Å². The molecule has 3 aliphatic heterocycles. The Morgan fingerprint density at radius 2 is 1.81 bits per heavy atom. The monoisotopic (exact) mass is 434 g/mol. The van der Waals surface area contributed by atoms with E-state index in [4.69, 9.17) is 4.74 Å². The van der Waals surface area contributed by atoms with Crippen molar-refractivity contribution < 1.29 is 9.53 Å². The Morgan fingerprint density at radius 3 is 2.62 bits per heavy atom. The number of carbonyl (C=O) groups excluding carboxylic acids is 1. The Balaban J connectivity index is 1.26. The number of ether oxygens (including phenoxy) is 1. The van der Waals surface area contributed by atoms with E-state index in [1.807, 2.05) is 23.2 Å². The van der Waals surface area contributed by atoms with Crippen LogP contribution in [0.5, 0.6) is 5.75 Å². The molecule has 1 amide bonds. The predicted molar refractivity (Wildman–Crippen MR) is 130 cm³/mol. The van der Waals surface area contributed by atoms with Crippen LogP contribution in [0, 0.1) is 6.92 Å². The summed E-state index contributed by atoms with van der Waals surface area (Å²) in [5, 5.41) is 2.15. The highest BCUT2D eigenvalue weighted by atomic mass is 16.5. The standard InChI is InChI=1S/C26H34N4O2/c1-3-28-9-11-29(12-10-28)7-5-13-32-25-17-21-16-24-23(15-20(21)14-19(25)2)26(31)30-8-4-6-22(30)18-27-24/h14-18,22H,3-13H2,1-2H3/t22-/m0/s1. The van der Waals surface area contributed by atoms with Crippen LogP contribution in [0.25, 0.3) is 10.8 Å². The molecule has 2 aromatic carbocycles. The lowest BCUT2D eigenvalue weighted by Crippen LogP contribution is -2.46. The van der Waals surface area contributed by atoms with E-state index in [1.54, 1.807) is 0 Å². The molecule has 0 radical (unpaired) electrons. The zero-order chi connectivity index (χ0) is 22.1. The number of benzene rings is 2. The van der Waals surface area contributed by atoms with Gasteiger partial charge in [0.25, 0.3) is 5.91 Å². The van der Waals surface area contributed by atoms with Crippen molar-refractivity contribution in [3.8, 4) is 5.75 Å². The molecular formula is C26H34N4O2. The van der Waals surface area contributed by atoms with Crippen LogP contribution >= 0.6 is 0 Å². The predicted octanol–water partition coefficient (Wildman–Crippen LogP) is 3.88. The molecule has 0 saturated carbocycles. The third-order valence-corrected chi connectivity index (χ3v) is 7.21. The minimum absolute atomic E-state index is 0.111. The lowest BCUT2D eigenvalue weighted by Gasteiger charge is -2.33. The van der Waals surface area contributed by atoms with Crippen molar-refractivity contribution in [2.75, 3.05) is 52.4 Å². The molecule has 3 heterocycles. The number of amides is 1. The molecular weight excluding hydrogens is 400 g/mol. The van der Waals surface area contributed by atoms with Crippen molar-refractivity contribution >= 4 is 28.6 Å². The largest absolute Gasteiger partial charge is 0.493 e. The van der Waals surface area contributed by atoms with Crippen molar-refractivity contribution in [2.45, 2.75) is 39.2 Å². The van der Waals surface area contributed by atoms with E-state index in [9.17, 15) is 4.79 Å². The van der Waals surface area contributed by atoms with Gasteiger partial charge < -0.3 is 19.4 Å². The van der Waals surface area contributed by atoms with E-state index in [0.29, 0.717) is 0 Å². The Labute approximate surface area is 190 Å². The van der Waals surface area contributed by atoms with Crippen molar-refractivity contribution in [1.82, 2.24) is 14.7 Å². The molecule has 0 aromatic heterocycles. The van der Waals surface area contributed by atoms with Gasteiger partial charge in [0.1, 0.15) is 5.75 Å². The summed E-state index contributed by atoms with van der Waals surface area (Å²) in [7, 11) is 0. The van der Waals surface area contributed by atoms with Gasteiger partial charge in [-0.2, -0.15) is 0 Å². The van der Waals surface area contributed by atoms with Gasteiger partial charge in [-0.1, -0.05) is 6.92 Å². The van der Waals surface area contributed by atoms with E-state index >= 15 is 0 Å². The van der Waals surface area contributed by atoms with Gasteiger partial charge >= 0.3 is 0 Å². The van der Waals surface area contributed by atoms with Crippen LogP contribution in [0.1, 0.15) is 42.1 Å². The van der Waals surface area contributed by atoms with Crippen molar-refractivity contribution in [3.63, 3.8) is 0 Å². The number of hydrogen-bond acceptors (Lipinski definition) is 5. The molecule has 170 valence electrons. The Morgan fingerprint density at radius 1 is 1.03 bits per heavy atom. The van der Waals surface area contributed by atoms with Crippen LogP contribution in [0.3, 0.4) is 0 Å². The van der Waals surface area contributed by atoms with E-state index in [1.165, 1.54) is 13.1 Å². The van der Waals surface area contributed by atoms with Gasteiger partial charge in [-0.05, 0) is 73.3 Å². The number of fused-ring (bicyclic) bond motifs is 3. The fourth-order valence-corrected chi connectivity index (χ4v) is 5.18. The van der Waals surface area contributed by atoms with Crippen LogP contribution in [-0.4, -0.2) is 85.3 Å². The summed E-state index contributed by atoms with van der Waals surface area (Å²) < 4.78 is 6.18. The third kappa shape index (κ3) is 4.26. The molecule has 6 nitrogen and oxygen atoms in total. The van der Waals surface area contributed by atoms with E-state index in [-0.39, 0.29) is 11.9 Å². The maximum Gasteiger partial charge on any atom is 0.256 e. The van der Waals surface area contributed by atoms with E-state index in [0.717, 1.165) is 91.9 Å². The number of aryl methyl sites for hydroxylation is 1. The van der Waals surface area contributed by atoms with Gasteiger partial charge in [0, 0.05) is 45.5 Å². The molecule has 0 aliphatic carbocycles. The molecule has 0 unspecified atom stereocenters. The second-order valence-electron chi connectivity index (χ2n) is 9.30. The summed E-state index contributed by atoms with van der Waals surface area (Å²) in [4.78, 5) is 24.8. The molecule has 1 atom stereocenters. The summed E-state index contributed by atoms with van der Waals surface area (Å²) in [6.45, 7) is 12.8. The second-order valence-corrected chi connectivity index (χ2v) is 9.30. The number of nitrogens with zero attached hydrogens (tertiary/aromatic N) is 4. The number of likely N-dealkylation sites (N-methyl/N-ethyl adjacent to an activating group) is 1. The maximum atomic E-state index is 13.1. The van der Waals surface area contributed by atoms with Crippen LogP contribution in [0.15, 0.2) is 29.3 Å². The van der Waals surface area contributed by atoms with E-state index < -0.39 is 0 Å². The van der Waals surface area contributed by atoms with Crippen LogP contribution in [0.4, 0.5) is 5.69 Å². The first-order valence-electron chi connectivity index (χ1n) is 12.1. The fraction of sp³-hybridized carbons (Fsp3) is 0.538. The number of rotatable bonds is 6. The van der Waals surface area contributed by atoms with Crippen molar-refractivity contribution in [3.05, 3.63) is 35.4 Å². The summed E-state index contributed by atoms with van der Waals surface area (Å²) in [5.41, 5.74) is 2.60. The van der Waals surface area contributed by atoms with Crippen LogP contribution in [0.2, 0.25) is 0 Å². The molecule has 6 heteroatoms. The molecule has 0 bridgehead atoms. The van der Waals surface area contributed by atoms with Crippen molar-refractivity contribution in [2.24, 2.45) is 4.99 Å². The number of hydrogen-bond donors (Lipinski definition) is 0. The summed E-state index contributed by atoms with van der Waals surface area (Å²) in [6.07, 6.45) is 5.05. The molecule has 5 rings (SSSR count). The quantitative estimate of drug-likeness (QED) is 0.648. The third-order valence-electron chi connectivity index (χ3n) is 7.21. The lowest BCUT2D eigenvalue weighted by molar-refractivity contribution is 0.0775. The van der Waals surface area contributed by atoms with Gasteiger partial charge in [-0.15, -0.1) is 0 Å². The van der Waals surface area contributed by atoms with E-state index in [2.05, 4.69) is 40.8 Å². The summed E-state index contributed by atoms with van der Waals surface area (Å²) >= 11 is 0. The first-order valence-corrected chi connectivity index (χ1v) is 12.1. The first kappa shape index (κ1) is 21.4. The summed E-state index contributed by atoms with van der Waals surface area (Å²) in [6, 6.07) is 8.44. The van der Waals surface area contributed by atoms with Crippen LogP contribution < -0.4 is 4.74 Å². The van der Waals surface area contributed by atoms with Gasteiger partial charge in [0.2, 0.25) is 0 Å². The smallest absolute Gasteiger partial charge is 0.256 e. The molecule has 2 aromatic rings. The maximum absolute atomic E-state index is 13.1. The van der Waals surface area contributed by atoms with Gasteiger partial charge in [-0.3, -0.25) is 9.79 Å². The number of aliphatic imine (C=N–C) groups is 1. The molecule has 0 spiro atoms. The summed E-state index contributed by atoms with van der Waals surface area (Å²) in [5.74, 6) is 1.04. The highest BCUT2D eigenvalue weighted by Gasteiger charge is 2.31. The first-order chi connectivity index (χ1) is 15.6. The number of piperazine rings is 1. The Kier molecular flexibility index (Phi) is 6.15. The minimum atomic E-state index is 0.111. The van der Waals surface area contributed by atoms with Gasteiger partial charge in [-0.25, -0.2) is 0 Å². The average molecular weight is 435 g/mol. The Bertz CT molecular complexity index is 1030. The van der Waals surface area contributed by atoms with Crippen LogP contribution in [-0.2, 0) is 0 Å². The highest BCUT2D eigenvalue weighted by Crippen LogP contribution is 2.34. The Hall–Kier alpha value is -2.44. The topological polar surface area (TPSA) is 48.4 Å². The minimum Gasteiger partial charge on any atom is -0.493 e. The lowest BCUT2D eigenvalue weighted by atomic mass is 10.0. The normalized spacial score (nSPS) is 21.6. The molecule has 0 N–H and O–H groups in total. The highest BCUT2D eigenvalue weighted by molar-refractivity contribution is 6.06. The number of carbonyl (C=O) groups is 1. The average Bonchev–Trinajstić information content (AvgIpc) is 3.24. The molecule has 32 heavy (non-hydrogen) atoms.